The summed E-state index contributed by atoms with van der Waals surface area (Å²) in [6.45, 7) is -2.40. The van der Waals surface area contributed by atoms with Gasteiger partial charge in [0.1, 0.15) is 6.67 Å². The Morgan fingerprint density at radius 3 is 2.25 bits per heavy atom. The van der Waals surface area contributed by atoms with Crippen LogP contribution in [-0.2, 0) is 9.47 Å². The van der Waals surface area contributed by atoms with Gasteiger partial charge < -0.3 is 4.74 Å². The van der Waals surface area contributed by atoms with Crippen LogP contribution in [-0.4, -0.2) is 32.6 Å². The normalized spacial score (nSPS) is 12.5. The van der Waals surface area contributed by atoms with Crippen molar-refractivity contribution in [1.82, 2.24) is 0 Å². The molecule has 0 aliphatic heterocycles. The number of hydrogen-bond acceptors (Lipinski definition) is 2. The molecule has 0 aromatic carbocycles. The molecule has 0 aliphatic carbocycles. The average Bonchev–Trinajstić information content (AvgIpc) is 1.98. The zero-order valence-electron chi connectivity index (χ0n) is 5.90. The number of alkyl halides is 5. The molecule has 0 N–H and O–H groups in total. The lowest BCUT2D eigenvalue weighted by Crippen LogP contribution is -2.31. The zero-order valence-corrected chi connectivity index (χ0v) is 5.90. The summed E-state index contributed by atoms with van der Waals surface area (Å²) in [5, 5.41) is 0. The Kier molecular flexibility index (Phi) is 5.07. The zero-order chi connectivity index (χ0) is 9.61. The molecule has 0 aromatic rings. The molecule has 0 aliphatic rings. The molecule has 0 fully saturated rings. The fraction of sp³-hybridized carbons (Fsp3) is 1.00. The van der Waals surface area contributed by atoms with E-state index in [-0.39, 0.29) is 0 Å². The Hall–Kier alpha value is -0.430. The second-order valence-corrected chi connectivity index (χ2v) is 1.72. The van der Waals surface area contributed by atoms with Crippen molar-refractivity contribution in [3.8, 4) is 0 Å². The molecule has 2 nitrogen and oxygen atoms in total. The second-order valence-electron chi connectivity index (χ2n) is 1.72. The van der Waals surface area contributed by atoms with Crippen molar-refractivity contribution in [2.75, 3.05) is 20.1 Å². The van der Waals surface area contributed by atoms with Crippen molar-refractivity contribution in [2.45, 2.75) is 12.5 Å². The van der Waals surface area contributed by atoms with Gasteiger partial charge in [-0.1, -0.05) is 0 Å². The average molecular weight is 194 g/mol. The Morgan fingerprint density at radius 2 is 1.83 bits per heavy atom. The number of hydrogen-bond donors (Lipinski definition) is 0. The van der Waals surface area contributed by atoms with Crippen LogP contribution in [0.5, 0.6) is 0 Å². The lowest BCUT2D eigenvalue weighted by molar-refractivity contribution is -0.326. The third-order valence-electron chi connectivity index (χ3n) is 0.810. The van der Waals surface area contributed by atoms with Gasteiger partial charge in [0.25, 0.3) is 0 Å². The molecule has 0 amide bonds. The first-order valence-corrected chi connectivity index (χ1v) is 2.94. The highest BCUT2D eigenvalue weighted by Gasteiger charge is 2.42. The van der Waals surface area contributed by atoms with Crippen LogP contribution in [0.1, 0.15) is 0 Å². The molecule has 0 bridgehead atoms. The van der Waals surface area contributed by atoms with E-state index in [0.717, 1.165) is 0 Å². The Bertz CT molecular complexity index is 118. The summed E-state index contributed by atoms with van der Waals surface area (Å²) in [4.78, 5) is 0. The van der Waals surface area contributed by atoms with E-state index in [4.69, 9.17) is 0 Å². The highest BCUT2D eigenvalue weighted by molar-refractivity contribution is 4.52. The van der Waals surface area contributed by atoms with Crippen molar-refractivity contribution < 1.29 is 31.4 Å². The van der Waals surface area contributed by atoms with E-state index in [0.29, 0.717) is 0 Å². The maximum absolute atomic E-state index is 11.8. The molecule has 0 rings (SSSR count). The SMILES string of the molecule is FCCOCOC(F)(F)C(F)F. The quantitative estimate of drug-likeness (QED) is 0.364. The Labute approximate surface area is 65.3 Å². The lowest BCUT2D eigenvalue weighted by atomic mass is 10.7. The molecule has 7 heteroatoms. The first-order valence-electron chi connectivity index (χ1n) is 2.94. The third kappa shape index (κ3) is 4.45. The largest absolute Gasteiger partial charge is 0.418 e. The van der Waals surface area contributed by atoms with Gasteiger partial charge in [0.15, 0.2) is 6.79 Å². The smallest absolute Gasteiger partial charge is 0.352 e. The summed E-state index contributed by atoms with van der Waals surface area (Å²) >= 11 is 0. The molecular formula is C5H7F5O2. The molecule has 0 heterocycles. The van der Waals surface area contributed by atoms with Crippen molar-refractivity contribution in [2.24, 2.45) is 0 Å². The molecule has 0 aromatic heterocycles. The molecular weight excluding hydrogens is 187 g/mol. The molecule has 0 saturated carbocycles. The van der Waals surface area contributed by atoms with Gasteiger partial charge >= 0.3 is 12.5 Å². The topological polar surface area (TPSA) is 18.5 Å². The first-order chi connectivity index (χ1) is 5.50. The standard InChI is InChI=1S/C5H7F5O2/c6-1-2-11-3-12-5(9,10)4(7)8/h4H,1-3H2. The fourth-order valence-corrected chi connectivity index (χ4v) is 0.297. The summed E-state index contributed by atoms with van der Waals surface area (Å²) in [7, 11) is 0. The van der Waals surface area contributed by atoms with Crippen LogP contribution in [0, 0.1) is 0 Å². The Morgan fingerprint density at radius 1 is 1.25 bits per heavy atom. The maximum Gasteiger partial charge on any atom is 0.418 e. The number of rotatable bonds is 6. The van der Waals surface area contributed by atoms with E-state index in [1.807, 2.05) is 0 Å². The van der Waals surface area contributed by atoms with Crippen LogP contribution in [0.4, 0.5) is 22.0 Å². The van der Waals surface area contributed by atoms with E-state index in [9.17, 15) is 22.0 Å². The van der Waals surface area contributed by atoms with Gasteiger partial charge in [-0.2, -0.15) is 8.78 Å². The molecule has 0 saturated heterocycles. The van der Waals surface area contributed by atoms with Gasteiger partial charge in [-0.25, -0.2) is 13.2 Å². The second kappa shape index (κ2) is 5.26. The van der Waals surface area contributed by atoms with Crippen molar-refractivity contribution in [1.29, 1.82) is 0 Å². The van der Waals surface area contributed by atoms with E-state index < -0.39 is 32.6 Å². The van der Waals surface area contributed by atoms with Gasteiger partial charge in [0.05, 0.1) is 6.61 Å². The molecule has 0 unspecified atom stereocenters. The van der Waals surface area contributed by atoms with Gasteiger partial charge in [-0.3, -0.25) is 4.74 Å². The van der Waals surface area contributed by atoms with E-state index in [1.54, 1.807) is 0 Å². The molecule has 12 heavy (non-hydrogen) atoms. The van der Waals surface area contributed by atoms with Crippen molar-refractivity contribution in [3.63, 3.8) is 0 Å². The summed E-state index contributed by atoms with van der Waals surface area (Å²) in [5.74, 6) is 0. The van der Waals surface area contributed by atoms with Crippen molar-refractivity contribution in [3.05, 3.63) is 0 Å². The van der Waals surface area contributed by atoms with Crippen LogP contribution >= 0.6 is 0 Å². The van der Waals surface area contributed by atoms with Crippen LogP contribution in [0.25, 0.3) is 0 Å². The van der Waals surface area contributed by atoms with Crippen molar-refractivity contribution >= 4 is 0 Å². The van der Waals surface area contributed by atoms with E-state index in [1.165, 1.54) is 0 Å². The summed E-state index contributed by atoms with van der Waals surface area (Å²) in [5.41, 5.74) is 0. The van der Waals surface area contributed by atoms with Gasteiger partial charge in [-0.15, -0.1) is 0 Å². The molecule has 0 atom stereocenters. The van der Waals surface area contributed by atoms with Crippen LogP contribution in [0.15, 0.2) is 0 Å². The maximum atomic E-state index is 11.8. The van der Waals surface area contributed by atoms with E-state index >= 15 is 0 Å². The molecule has 0 radical (unpaired) electrons. The van der Waals surface area contributed by atoms with Crippen LogP contribution in [0.3, 0.4) is 0 Å². The predicted molar refractivity (Wildman–Crippen MR) is 28.8 cm³/mol. The first kappa shape index (κ1) is 11.6. The van der Waals surface area contributed by atoms with Gasteiger partial charge in [0.2, 0.25) is 0 Å². The summed E-state index contributed by atoms with van der Waals surface area (Å²) in [6, 6.07) is 0. The monoisotopic (exact) mass is 194 g/mol. The van der Waals surface area contributed by atoms with Gasteiger partial charge in [-0.05, 0) is 0 Å². The highest BCUT2D eigenvalue weighted by Crippen LogP contribution is 2.23. The lowest BCUT2D eigenvalue weighted by Gasteiger charge is -2.14. The van der Waals surface area contributed by atoms with Gasteiger partial charge in [0, 0.05) is 0 Å². The molecule has 74 valence electrons. The molecule has 0 spiro atoms. The number of halogens is 5. The predicted octanol–water partition coefficient (Wildman–Crippen LogP) is 1.80. The summed E-state index contributed by atoms with van der Waals surface area (Å²) < 4.78 is 64.9. The Balaban J connectivity index is 3.47. The van der Waals surface area contributed by atoms with Crippen LogP contribution in [0.2, 0.25) is 0 Å². The fourth-order valence-electron chi connectivity index (χ4n) is 0.297. The highest BCUT2D eigenvalue weighted by atomic mass is 19.3. The minimum atomic E-state index is -4.53. The number of ether oxygens (including phenoxy) is 2. The van der Waals surface area contributed by atoms with E-state index in [2.05, 4.69) is 9.47 Å². The third-order valence-corrected chi connectivity index (χ3v) is 0.810. The summed E-state index contributed by atoms with van der Waals surface area (Å²) in [6.07, 6.45) is -8.44. The van der Waals surface area contributed by atoms with Crippen LogP contribution < -0.4 is 0 Å². The minimum absolute atomic E-state index is 0.459. The minimum Gasteiger partial charge on any atom is -0.352 e.